The molecule has 0 heterocycles. The third-order valence-electron chi connectivity index (χ3n) is 4.46. The predicted molar refractivity (Wildman–Crippen MR) is 121 cm³/mol. The van der Waals surface area contributed by atoms with E-state index in [0.717, 1.165) is 29.5 Å². The topological polar surface area (TPSA) is 85.9 Å². The molecule has 0 aliphatic heterocycles. The van der Waals surface area contributed by atoms with Crippen LogP contribution in [0.15, 0.2) is 48.5 Å². The molecule has 0 saturated carbocycles. The highest BCUT2D eigenvalue weighted by atomic mass is 16.5. The summed E-state index contributed by atoms with van der Waals surface area (Å²) in [6.07, 6.45) is 1.99. The Morgan fingerprint density at radius 3 is 2.00 bits per heavy atom. The lowest BCUT2D eigenvalue weighted by Crippen LogP contribution is -2.29. The average Bonchev–Trinajstić information content (AvgIpc) is 2.78. The van der Waals surface area contributed by atoms with E-state index in [-0.39, 0.29) is 38.2 Å². The molecule has 0 aliphatic carbocycles. The van der Waals surface area contributed by atoms with E-state index >= 15 is 0 Å². The van der Waals surface area contributed by atoms with Crippen LogP contribution in [0, 0.1) is 0 Å². The number of anilines is 1. The molecule has 0 aliphatic rings. The van der Waals surface area contributed by atoms with Crippen LogP contribution < -0.4 is 10.6 Å². The van der Waals surface area contributed by atoms with Gasteiger partial charge in [0.25, 0.3) is 0 Å². The molecule has 31 heavy (non-hydrogen) atoms. The summed E-state index contributed by atoms with van der Waals surface area (Å²) in [5, 5.41) is 5.57. The molecule has 2 rings (SSSR count). The molecule has 0 aromatic heterocycles. The molecular formula is C24H32N2O5. The van der Waals surface area contributed by atoms with E-state index in [9.17, 15) is 9.59 Å². The van der Waals surface area contributed by atoms with Crippen LogP contribution in [0.4, 0.5) is 5.69 Å². The normalized spacial score (nSPS) is 10.6. The van der Waals surface area contributed by atoms with Crippen LogP contribution in [0.25, 0.3) is 11.1 Å². The van der Waals surface area contributed by atoms with Crippen LogP contribution in [-0.4, -0.2) is 51.9 Å². The first-order chi connectivity index (χ1) is 15.1. The van der Waals surface area contributed by atoms with Crippen molar-refractivity contribution < 1.29 is 23.8 Å². The van der Waals surface area contributed by atoms with Gasteiger partial charge in [-0.25, -0.2) is 0 Å². The standard InChI is InChI=1S/C24H32N2O5/c1-3-4-13-25-23(27)17-30-14-15-31-18-24(28)26-22-11-9-21(10-12-22)20-7-5-19(6-8-20)16-29-2/h5-12H,3-4,13-18H2,1-2H3,(H,25,27)(H,26,28). The van der Waals surface area contributed by atoms with E-state index < -0.39 is 0 Å². The minimum Gasteiger partial charge on any atom is -0.380 e. The van der Waals surface area contributed by atoms with E-state index in [1.807, 2.05) is 48.5 Å². The fourth-order valence-electron chi connectivity index (χ4n) is 2.81. The van der Waals surface area contributed by atoms with Crippen molar-refractivity contribution in [3.05, 3.63) is 54.1 Å². The first-order valence-corrected chi connectivity index (χ1v) is 10.5. The average molecular weight is 429 g/mol. The highest BCUT2D eigenvalue weighted by molar-refractivity contribution is 5.92. The summed E-state index contributed by atoms with van der Waals surface area (Å²) in [5.41, 5.74) is 3.98. The maximum absolute atomic E-state index is 12.0. The third-order valence-corrected chi connectivity index (χ3v) is 4.46. The molecule has 0 atom stereocenters. The van der Waals surface area contributed by atoms with Crippen molar-refractivity contribution in [2.24, 2.45) is 0 Å². The number of hydrogen-bond donors (Lipinski definition) is 2. The van der Waals surface area contributed by atoms with Crippen LogP contribution in [0.3, 0.4) is 0 Å². The molecule has 0 unspecified atom stereocenters. The molecule has 2 N–H and O–H groups in total. The van der Waals surface area contributed by atoms with Crippen molar-refractivity contribution in [2.75, 3.05) is 45.4 Å². The number of benzene rings is 2. The summed E-state index contributed by atoms with van der Waals surface area (Å²) in [4.78, 5) is 23.5. The second-order valence-electron chi connectivity index (χ2n) is 7.06. The summed E-state index contributed by atoms with van der Waals surface area (Å²) in [6.45, 7) is 3.75. The van der Waals surface area contributed by atoms with Crippen molar-refractivity contribution in [2.45, 2.75) is 26.4 Å². The van der Waals surface area contributed by atoms with Crippen molar-refractivity contribution in [3.8, 4) is 11.1 Å². The number of hydrogen-bond acceptors (Lipinski definition) is 5. The van der Waals surface area contributed by atoms with E-state index in [1.54, 1.807) is 7.11 Å². The van der Waals surface area contributed by atoms with E-state index in [4.69, 9.17) is 14.2 Å². The Labute approximate surface area is 184 Å². The number of nitrogens with one attached hydrogen (secondary N) is 2. The molecule has 0 bridgehead atoms. The third kappa shape index (κ3) is 9.74. The predicted octanol–water partition coefficient (Wildman–Crippen LogP) is 3.39. The van der Waals surface area contributed by atoms with Gasteiger partial charge < -0.3 is 24.8 Å². The lowest BCUT2D eigenvalue weighted by molar-refractivity contribution is -0.127. The van der Waals surface area contributed by atoms with Gasteiger partial charge in [-0.2, -0.15) is 0 Å². The first kappa shape index (κ1) is 24.5. The Morgan fingerprint density at radius 1 is 0.839 bits per heavy atom. The summed E-state index contributed by atoms with van der Waals surface area (Å²) in [5.74, 6) is -0.380. The molecule has 0 spiro atoms. The fourth-order valence-corrected chi connectivity index (χ4v) is 2.81. The molecule has 2 aromatic carbocycles. The monoisotopic (exact) mass is 428 g/mol. The summed E-state index contributed by atoms with van der Waals surface area (Å²) in [6, 6.07) is 15.8. The van der Waals surface area contributed by atoms with Gasteiger partial charge in [0.05, 0.1) is 19.8 Å². The van der Waals surface area contributed by atoms with Gasteiger partial charge in [0, 0.05) is 19.3 Å². The van der Waals surface area contributed by atoms with Crippen LogP contribution in [-0.2, 0) is 30.4 Å². The Morgan fingerprint density at radius 2 is 1.42 bits per heavy atom. The fraction of sp³-hybridized carbons (Fsp3) is 0.417. The molecule has 0 fully saturated rings. The molecule has 7 heteroatoms. The van der Waals surface area contributed by atoms with E-state index in [1.165, 1.54) is 0 Å². The Balaban J connectivity index is 1.63. The van der Waals surface area contributed by atoms with Gasteiger partial charge in [-0.05, 0) is 35.2 Å². The number of ether oxygens (including phenoxy) is 3. The zero-order valence-corrected chi connectivity index (χ0v) is 18.3. The smallest absolute Gasteiger partial charge is 0.250 e. The number of carbonyl (C=O) groups excluding carboxylic acids is 2. The quantitative estimate of drug-likeness (QED) is 0.451. The highest BCUT2D eigenvalue weighted by Gasteiger charge is 2.05. The van der Waals surface area contributed by atoms with E-state index in [2.05, 4.69) is 17.6 Å². The van der Waals surface area contributed by atoms with Crippen molar-refractivity contribution in [1.82, 2.24) is 5.32 Å². The van der Waals surface area contributed by atoms with Crippen LogP contribution >= 0.6 is 0 Å². The zero-order valence-electron chi connectivity index (χ0n) is 18.3. The number of amides is 2. The van der Waals surface area contributed by atoms with Crippen LogP contribution in [0.1, 0.15) is 25.3 Å². The van der Waals surface area contributed by atoms with Gasteiger partial charge in [-0.15, -0.1) is 0 Å². The van der Waals surface area contributed by atoms with Crippen molar-refractivity contribution in [1.29, 1.82) is 0 Å². The SMILES string of the molecule is CCCCNC(=O)COCCOCC(=O)Nc1ccc(-c2ccc(COC)cc2)cc1. The number of carbonyl (C=O) groups is 2. The first-order valence-electron chi connectivity index (χ1n) is 10.5. The summed E-state index contributed by atoms with van der Waals surface area (Å²) >= 11 is 0. The van der Waals surface area contributed by atoms with Gasteiger partial charge >= 0.3 is 0 Å². The molecule has 0 saturated heterocycles. The molecule has 2 aromatic rings. The molecular weight excluding hydrogens is 396 g/mol. The molecule has 168 valence electrons. The Bertz CT molecular complexity index is 791. The second kappa shape index (κ2) is 14.3. The lowest BCUT2D eigenvalue weighted by atomic mass is 10.0. The van der Waals surface area contributed by atoms with Gasteiger partial charge in [0.1, 0.15) is 13.2 Å². The molecule has 2 amide bonds. The lowest BCUT2D eigenvalue weighted by Gasteiger charge is -2.09. The van der Waals surface area contributed by atoms with Crippen molar-refractivity contribution >= 4 is 17.5 Å². The van der Waals surface area contributed by atoms with Crippen molar-refractivity contribution in [3.63, 3.8) is 0 Å². The molecule has 0 radical (unpaired) electrons. The van der Waals surface area contributed by atoms with Crippen LogP contribution in [0.5, 0.6) is 0 Å². The second-order valence-corrected chi connectivity index (χ2v) is 7.06. The minimum atomic E-state index is -0.242. The van der Waals surface area contributed by atoms with Gasteiger partial charge in [-0.3, -0.25) is 9.59 Å². The van der Waals surface area contributed by atoms with E-state index in [0.29, 0.717) is 18.8 Å². The highest BCUT2D eigenvalue weighted by Crippen LogP contribution is 2.22. The summed E-state index contributed by atoms with van der Waals surface area (Å²) < 4.78 is 15.6. The number of methoxy groups -OCH3 is 1. The van der Waals surface area contributed by atoms with Crippen LogP contribution in [0.2, 0.25) is 0 Å². The Kier molecular flexibility index (Phi) is 11.3. The Hall–Kier alpha value is -2.74. The van der Waals surface area contributed by atoms with Gasteiger partial charge in [0.2, 0.25) is 11.8 Å². The van der Waals surface area contributed by atoms with Gasteiger partial charge in [0.15, 0.2) is 0 Å². The van der Waals surface area contributed by atoms with Gasteiger partial charge in [-0.1, -0.05) is 49.7 Å². The minimum absolute atomic E-state index is 0.000722. The largest absolute Gasteiger partial charge is 0.380 e. The maximum atomic E-state index is 12.0. The maximum Gasteiger partial charge on any atom is 0.250 e. The molecule has 7 nitrogen and oxygen atoms in total. The zero-order chi connectivity index (χ0) is 22.3. The number of rotatable bonds is 14. The number of unbranched alkanes of at least 4 members (excludes halogenated alkanes) is 1. The summed E-state index contributed by atoms with van der Waals surface area (Å²) in [7, 11) is 1.68.